The Kier molecular flexibility index (Phi) is 2.73. The summed E-state index contributed by atoms with van der Waals surface area (Å²) < 4.78 is 0. The van der Waals surface area contributed by atoms with Crippen molar-refractivity contribution in [2.24, 2.45) is 5.73 Å². The molecule has 1 aliphatic rings. The van der Waals surface area contributed by atoms with Crippen LogP contribution in [0.15, 0.2) is 12.1 Å². The molecule has 0 unspecified atom stereocenters. The Labute approximate surface area is 88.9 Å². The zero-order valence-corrected chi connectivity index (χ0v) is 8.62. The summed E-state index contributed by atoms with van der Waals surface area (Å²) in [5, 5.41) is 9.69. The molecule has 0 heterocycles. The standard InChI is InChI=1S/C12H15NO2/c13-7-12(15)10-5-8-3-1-2-4-9(8)6-11(10)14/h5-6,14H,1-4,7,13H2. The van der Waals surface area contributed by atoms with Crippen LogP contribution in [0, 0.1) is 0 Å². The number of hydrogen-bond donors (Lipinski definition) is 2. The third kappa shape index (κ3) is 1.88. The summed E-state index contributed by atoms with van der Waals surface area (Å²) in [6, 6.07) is 3.52. The summed E-state index contributed by atoms with van der Waals surface area (Å²) in [7, 11) is 0. The minimum atomic E-state index is -0.194. The van der Waals surface area contributed by atoms with Crippen LogP contribution in [-0.2, 0) is 12.8 Å². The average Bonchev–Trinajstić information content (AvgIpc) is 2.27. The number of phenols is 1. The Morgan fingerprint density at radius 1 is 1.27 bits per heavy atom. The van der Waals surface area contributed by atoms with Crippen molar-refractivity contribution >= 4 is 5.78 Å². The molecule has 0 spiro atoms. The third-order valence-electron chi connectivity index (χ3n) is 2.95. The summed E-state index contributed by atoms with van der Waals surface area (Å²) in [6.45, 7) is -0.0493. The van der Waals surface area contributed by atoms with Gasteiger partial charge in [0.2, 0.25) is 0 Å². The number of aromatic hydroxyl groups is 1. The molecule has 1 aromatic rings. The topological polar surface area (TPSA) is 63.3 Å². The molecule has 0 radical (unpaired) electrons. The molecule has 3 heteroatoms. The van der Waals surface area contributed by atoms with E-state index < -0.39 is 0 Å². The number of hydrogen-bond acceptors (Lipinski definition) is 3. The third-order valence-corrected chi connectivity index (χ3v) is 2.95. The van der Waals surface area contributed by atoms with Gasteiger partial charge in [0, 0.05) is 0 Å². The second kappa shape index (κ2) is 4.03. The highest BCUT2D eigenvalue weighted by Gasteiger charge is 2.16. The van der Waals surface area contributed by atoms with E-state index in [0.717, 1.165) is 25.7 Å². The minimum absolute atomic E-state index is 0.0493. The predicted octanol–water partition coefficient (Wildman–Crippen LogP) is 1.41. The van der Waals surface area contributed by atoms with Crippen molar-refractivity contribution < 1.29 is 9.90 Å². The van der Waals surface area contributed by atoms with Gasteiger partial charge < -0.3 is 10.8 Å². The molecule has 0 saturated heterocycles. The molecule has 1 aliphatic carbocycles. The first-order chi connectivity index (χ1) is 7.22. The number of fused-ring (bicyclic) bond motifs is 1. The van der Waals surface area contributed by atoms with Crippen molar-refractivity contribution in [3.63, 3.8) is 0 Å². The Balaban J connectivity index is 2.44. The average molecular weight is 205 g/mol. The van der Waals surface area contributed by atoms with E-state index in [2.05, 4.69) is 0 Å². The van der Waals surface area contributed by atoms with Crippen LogP contribution in [0.3, 0.4) is 0 Å². The molecule has 1 aromatic carbocycles. The molecule has 80 valence electrons. The fourth-order valence-electron chi connectivity index (χ4n) is 2.11. The lowest BCUT2D eigenvalue weighted by atomic mass is 9.89. The molecule has 0 atom stereocenters. The van der Waals surface area contributed by atoms with Crippen LogP contribution in [0.25, 0.3) is 0 Å². The number of ketones is 1. The molecule has 0 saturated carbocycles. The minimum Gasteiger partial charge on any atom is -0.507 e. The number of aryl methyl sites for hydroxylation is 2. The van der Waals surface area contributed by atoms with Crippen molar-refractivity contribution in [2.45, 2.75) is 25.7 Å². The second-order valence-electron chi connectivity index (χ2n) is 3.97. The molecular weight excluding hydrogens is 190 g/mol. The smallest absolute Gasteiger partial charge is 0.180 e. The van der Waals surface area contributed by atoms with Gasteiger partial charge in [0.1, 0.15) is 5.75 Å². The van der Waals surface area contributed by atoms with Gasteiger partial charge in [-0.3, -0.25) is 4.79 Å². The van der Waals surface area contributed by atoms with E-state index in [0.29, 0.717) is 5.56 Å². The van der Waals surface area contributed by atoms with Gasteiger partial charge in [-0.2, -0.15) is 0 Å². The van der Waals surface area contributed by atoms with Gasteiger partial charge in [0.15, 0.2) is 5.78 Å². The van der Waals surface area contributed by atoms with Crippen molar-refractivity contribution in [1.29, 1.82) is 0 Å². The van der Waals surface area contributed by atoms with E-state index in [1.165, 1.54) is 11.1 Å². The number of rotatable bonds is 2. The highest BCUT2D eigenvalue weighted by Crippen LogP contribution is 2.28. The van der Waals surface area contributed by atoms with Crippen LogP contribution in [0.5, 0.6) is 5.75 Å². The lowest BCUT2D eigenvalue weighted by Crippen LogP contribution is -2.15. The molecule has 15 heavy (non-hydrogen) atoms. The lowest BCUT2D eigenvalue weighted by molar-refractivity contribution is 0.0998. The summed E-state index contributed by atoms with van der Waals surface area (Å²) in [5.74, 6) is -0.119. The Morgan fingerprint density at radius 2 is 1.87 bits per heavy atom. The maximum atomic E-state index is 11.4. The van der Waals surface area contributed by atoms with Crippen molar-refractivity contribution in [3.05, 3.63) is 28.8 Å². The first kappa shape index (κ1) is 10.2. The molecular formula is C12H15NO2. The van der Waals surface area contributed by atoms with Crippen molar-refractivity contribution in [1.82, 2.24) is 0 Å². The van der Waals surface area contributed by atoms with E-state index in [1.807, 2.05) is 0 Å². The van der Waals surface area contributed by atoms with E-state index in [4.69, 9.17) is 5.73 Å². The van der Waals surface area contributed by atoms with Gasteiger partial charge in [-0.1, -0.05) is 0 Å². The molecule has 0 bridgehead atoms. The van der Waals surface area contributed by atoms with Gasteiger partial charge in [0.25, 0.3) is 0 Å². The predicted molar refractivity (Wildman–Crippen MR) is 58.1 cm³/mol. The summed E-state index contributed by atoms with van der Waals surface area (Å²) in [6.07, 6.45) is 4.32. The fourth-order valence-corrected chi connectivity index (χ4v) is 2.11. The number of carbonyl (C=O) groups is 1. The van der Waals surface area contributed by atoms with E-state index >= 15 is 0 Å². The molecule has 3 N–H and O–H groups in total. The van der Waals surface area contributed by atoms with Crippen LogP contribution in [0.2, 0.25) is 0 Å². The lowest BCUT2D eigenvalue weighted by Gasteiger charge is -2.17. The van der Waals surface area contributed by atoms with E-state index in [9.17, 15) is 9.90 Å². The van der Waals surface area contributed by atoms with E-state index in [-0.39, 0.29) is 18.1 Å². The summed E-state index contributed by atoms with van der Waals surface area (Å²) >= 11 is 0. The normalized spacial score (nSPS) is 14.7. The van der Waals surface area contributed by atoms with Gasteiger partial charge in [-0.05, 0) is 48.9 Å². The van der Waals surface area contributed by atoms with Crippen LogP contribution < -0.4 is 5.73 Å². The van der Waals surface area contributed by atoms with Gasteiger partial charge >= 0.3 is 0 Å². The largest absolute Gasteiger partial charge is 0.507 e. The number of benzene rings is 1. The van der Waals surface area contributed by atoms with Gasteiger partial charge in [-0.25, -0.2) is 0 Å². The number of phenolic OH excluding ortho intramolecular Hbond substituents is 1. The Bertz CT molecular complexity index is 399. The molecule has 2 rings (SSSR count). The Morgan fingerprint density at radius 3 is 2.47 bits per heavy atom. The SMILES string of the molecule is NCC(=O)c1cc2c(cc1O)CCCC2. The summed E-state index contributed by atoms with van der Waals surface area (Å²) in [4.78, 5) is 11.4. The molecule has 0 amide bonds. The zero-order valence-electron chi connectivity index (χ0n) is 8.62. The maximum Gasteiger partial charge on any atom is 0.180 e. The molecule has 0 aromatic heterocycles. The van der Waals surface area contributed by atoms with Crippen LogP contribution in [-0.4, -0.2) is 17.4 Å². The molecule has 0 aliphatic heterocycles. The first-order valence-electron chi connectivity index (χ1n) is 5.30. The van der Waals surface area contributed by atoms with Gasteiger partial charge in [0.05, 0.1) is 12.1 Å². The first-order valence-corrected chi connectivity index (χ1v) is 5.30. The molecule has 3 nitrogen and oxygen atoms in total. The van der Waals surface area contributed by atoms with Crippen molar-refractivity contribution in [2.75, 3.05) is 6.54 Å². The summed E-state index contributed by atoms with van der Waals surface area (Å²) in [5.41, 5.74) is 8.03. The number of nitrogens with two attached hydrogens (primary N) is 1. The number of carbonyl (C=O) groups excluding carboxylic acids is 1. The number of Topliss-reactive ketones (excluding diaryl/α,β-unsaturated/α-hetero) is 1. The van der Waals surface area contributed by atoms with Crippen molar-refractivity contribution in [3.8, 4) is 5.75 Å². The van der Waals surface area contributed by atoms with Crippen LogP contribution in [0.4, 0.5) is 0 Å². The highest BCUT2D eigenvalue weighted by atomic mass is 16.3. The second-order valence-corrected chi connectivity index (χ2v) is 3.97. The van der Waals surface area contributed by atoms with Crippen LogP contribution >= 0.6 is 0 Å². The maximum absolute atomic E-state index is 11.4. The van der Waals surface area contributed by atoms with E-state index in [1.54, 1.807) is 12.1 Å². The van der Waals surface area contributed by atoms with Crippen LogP contribution in [0.1, 0.15) is 34.3 Å². The monoisotopic (exact) mass is 205 g/mol. The van der Waals surface area contributed by atoms with Gasteiger partial charge in [-0.15, -0.1) is 0 Å². The quantitative estimate of drug-likeness (QED) is 0.717. The Hall–Kier alpha value is -1.35. The highest BCUT2D eigenvalue weighted by molar-refractivity contribution is 6.00. The zero-order chi connectivity index (χ0) is 10.8. The molecule has 0 fully saturated rings. The fraction of sp³-hybridized carbons (Fsp3) is 0.417.